The summed E-state index contributed by atoms with van der Waals surface area (Å²) in [7, 11) is 0. The predicted octanol–water partition coefficient (Wildman–Crippen LogP) is 2.39. The summed E-state index contributed by atoms with van der Waals surface area (Å²) in [6.45, 7) is 3.03. The number of alkyl halides is 3. The Balaban J connectivity index is 1.90. The number of rotatable bonds is 6. The maximum atomic E-state index is 12.3. The molecule has 5 nitrogen and oxygen atoms in total. The van der Waals surface area contributed by atoms with Crippen molar-refractivity contribution in [3.63, 3.8) is 0 Å². The number of likely N-dealkylation sites (tertiary alicyclic amines) is 1. The molecule has 2 rings (SSSR count). The molecule has 1 aromatic rings. The van der Waals surface area contributed by atoms with E-state index in [2.05, 4.69) is 22.1 Å². The molecule has 1 saturated heterocycles. The number of nitrogens with zero attached hydrogens (tertiary/aromatic N) is 3. The van der Waals surface area contributed by atoms with Gasteiger partial charge in [0.05, 0.1) is 5.25 Å². The van der Waals surface area contributed by atoms with Gasteiger partial charge in [-0.2, -0.15) is 13.2 Å². The number of thioether (sulfide) groups is 1. The molecular formula is C11H13F3N4OS2. The SMILES string of the molecule is C=CCNc1nnc(S[C@@H]2CCN(CC(F)(F)F)C2=O)s1. The quantitative estimate of drug-likeness (QED) is 0.807. The van der Waals surface area contributed by atoms with Crippen LogP contribution in [0.4, 0.5) is 18.3 Å². The molecule has 2 heterocycles. The second kappa shape index (κ2) is 6.65. The van der Waals surface area contributed by atoms with Gasteiger partial charge in [0.1, 0.15) is 6.54 Å². The molecule has 0 spiro atoms. The highest BCUT2D eigenvalue weighted by molar-refractivity contribution is 8.02. The van der Waals surface area contributed by atoms with Gasteiger partial charge in [-0.25, -0.2) is 0 Å². The summed E-state index contributed by atoms with van der Waals surface area (Å²) >= 11 is 2.43. The molecule has 10 heteroatoms. The van der Waals surface area contributed by atoms with Crippen LogP contribution >= 0.6 is 23.1 Å². The first-order valence-electron chi connectivity index (χ1n) is 6.09. The molecule has 0 aliphatic carbocycles. The molecule has 1 N–H and O–H groups in total. The number of carbonyl (C=O) groups excluding carboxylic acids is 1. The second-order valence-corrected chi connectivity index (χ2v) is 6.74. The molecule has 21 heavy (non-hydrogen) atoms. The van der Waals surface area contributed by atoms with Crippen LogP contribution in [0.5, 0.6) is 0 Å². The Bertz CT molecular complexity index is 520. The van der Waals surface area contributed by atoms with E-state index in [1.165, 1.54) is 11.3 Å². The molecule has 0 bridgehead atoms. The number of hydrogen-bond acceptors (Lipinski definition) is 6. The van der Waals surface area contributed by atoms with E-state index in [4.69, 9.17) is 0 Å². The van der Waals surface area contributed by atoms with Gasteiger partial charge in [-0.3, -0.25) is 4.79 Å². The fourth-order valence-corrected chi connectivity index (χ4v) is 3.87. The molecule has 0 aromatic carbocycles. The highest BCUT2D eigenvalue weighted by Crippen LogP contribution is 2.34. The minimum Gasteiger partial charge on any atom is -0.357 e. The lowest BCUT2D eigenvalue weighted by Gasteiger charge is -2.17. The first-order valence-corrected chi connectivity index (χ1v) is 7.79. The van der Waals surface area contributed by atoms with Crippen molar-refractivity contribution in [2.45, 2.75) is 22.2 Å². The Labute approximate surface area is 127 Å². The van der Waals surface area contributed by atoms with Crippen LogP contribution in [0.1, 0.15) is 6.42 Å². The lowest BCUT2D eigenvalue weighted by atomic mass is 10.4. The minimum absolute atomic E-state index is 0.121. The predicted molar refractivity (Wildman–Crippen MR) is 75.5 cm³/mol. The molecule has 1 aliphatic heterocycles. The van der Waals surface area contributed by atoms with Gasteiger partial charge < -0.3 is 10.2 Å². The number of anilines is 1. The average Bonchev–Trinajstić information content (AvgIpc) is 2.97. The molecule has 1 aromatic heterocycles. The van der Waals surface area contributed by atoms with Crippen molar-refractivity contribution in [1.29, 1.82) is 0 Å². The smallest absolute Gasteiger partial charge is 0.357 e. The molecule has 116 valence electrons. The van der Waals surface area contributed by atoms with Crippen LogP contribution in [0.15, 0.2) is 17.0 Å². The average molecular weight is 338 g/mol. The van der Waals surface area contributed by atoms with Crippen molar-refractivity contribution in [3.05, 3.63) is 12.7 Å². The van der Waals surface area contributed by atoms with E-state index < -0.39 is 23.9 Å². The van der Waals surface area contributed by atoms with E-state index in [1.54, 1.807) is 6.08 Å². The monoisotopic (exact) mass is 338 g/mol. The fraction of sp³-hybridized carbons (Fsp3) is 0.545. The first-order chi connectivity index (χ1) is 9.89. The number of halogens is 3. The van der Waals surface area contributed by atoms with Gasteiger partial charge in [0, 0.05) is 13.1 Å². The Morgan fingerprint density at radius 1 is 1.52 bits per heavy atom. The maximum absolute atomic E-state index is 12.3. The summed E-state index contributed by atoms with van der Waals surface area (Å²) in [4.78, 5) is 12.7. The Hall–Kier alpha value is -1.29. The summed E-state index contributed by atoms with van der Waals surface area (Å²) < 4.78 is 37.5. The molecule has 1 aliphatic rings. The number of carbonyl (C=O) groups is 1. The van der Waals surface area contributed by atoms with Crippen LogP contribution in [-0.4, -0.2) is 52.1 Å². The minimum atomic E-state index is -4.36. The van der Waals surface area contributed by atoms with Gasteiger partial charge in [-0.1, -0.05) is 29.2 Å². The molecule has 0 unspecified atom stereocenters. The topological polar surface area (TPSA) is 58.1 Å². The van der Waals surface area contributed by atoms with E-state index in [9.17, 15) is 18.0 Å². The zero-order valence-electron chi connectivity index (χ0n) is 10.9. The summed E-state index contributed by atoms with van der Waals surface area (Å²) in [5.41, 5.74) is 0. The Morgan fingerprint density at radius 3 is 2.95 bits per heavy atom. The number of amides is 1. The fourth-order valence-electron chi connectivity index (χ4n) is 1.80. The summed E-state index contributed by atoms with van der Waals surface area (Å²) in [5.74, 6) is -0.492. The number of hydrogen-bond donors (Lipinski definition) is 1. The molecule has 1 fully saturated rings. The van der Waals surface area contributed by atoms with Gasteiger partial charge in [0.2, 0.25) is 11.0 Å². The highest BCUT2D eigenvalue weighted by Gasteiger charge is 2.40. The lowest BCUT2D eigenvalue weighted by Crippen LogP contribution is -2.36. The molecule has 0 saturated carbocycles. The normalized spacial score (nSPS) is 19.1. The standard InChI is InChI=1S/C11H13F3N4OS2/c1-2-4-15-9-16-17-10(21-9)20-7-3-5-18(8(7)19)6-11(12,13)14/h2,7H,1,3-6H2,(H,15,16)/t7-/m1/s1. The van der Waals surface area contributed by atoms with Gasteiger partial charge in [0.15, 0.2) is 4.34 Å². The van der Waals surface area contributed by atoms with Crippen molar-refractivity contribution in [1.82, 2.24) is 15.1 Å². The van der Waals surface area contributed by atoms with Crippen molar-refractivity contribution in [2.24, 2.45) is 0 Å². The van der Waals surface area contributed by atoms with E-state index in [0.29, 0.717) is 22.4 Å². The van der Waals surface area contributed by atoms with Crippen LogP contribution in [0.2, 0.25) is 0 Å². The van der Waals surface area contributed by atoms with Gasteiger partial charge in [0.25, 0.3) is 0 Å². The van der Waals surface area contributed by atoms with Gasteiger partial charge >= 0.3 is 6.18 Å². The van der Waals surface area contributed by atoms with Gasteiger partial charge in [-0.05, 0) is 6.42 Å². The first kappa shape index (κ1) is 16.1. The van der Waals surface area contributed by atoms with Gasteiger partial charge in [-0.15, -0.1) is 16.8 Å². The second-order valence-electron chi connectivity index (χ2n) is 4.31. The van der Waals surface area contributed by atoms with Crippen molar-refractivity contribution >= 4 is 34.1 Å². The van der Waals surface area contributed by atoms with Crippen LogP contribution in [0.25, 0.3) is 0 Å². The van der Waals surface area contributed by atoms with Crippen LogP contribution in [-0.2, 0) is 4.79 Å². The largest absolute Gasteiger partial charge is 0.406 e. The van der Waals surface area contributed by atoms with Crippen molar-refractivity contribution < 1.29 is 18.0 Å². The Morgan fingerprint density at radius 2 is 2.29 bits per heavy atom. The molecule has 1 amide bonds. The van der Waals surface area contributed by atoms with E-state index >= 15 is 0 Å². The zero-order valence-corrected chi connectivity index (χ0v) is 12.5. The highest BCUT2D eigenvalue weighted by atomic mass is 32.2. The molecular weight excluding hydrogens is 325 g/mol. The lowest BCUT2D eigenvalue weighted by molar-refractivity contribution is -0.157. The third kappa shape index (κ3) is 4.60. The van der Waals surface area contributed by atoms with Crippen LogP contribution in [0, 0.1) is 0 Å². The number of aromatic nitrogens is 2. The molecule has 0 radical (unpaired) electrons. The Kier molecular flexibility index (Phi) is 5.09. The third-order valence-electron chi connectivity index (χ3n) is 2.67. The van der Waals surface area contributed by atoms with Crippen molar-refractivity contribution in [2.75, 3.05) is 25.0 Å². The summed E-state index contributed by atoms with van der Waals surface area (Å²) in [6.07, 6.45) is -2.31. The third-order valence-corrected chi connectivity index (χ3v) is 4.89. The number of nitrogens with one attached hydrogen (secondary N) is 1. The van der Waals surface area contributed by atoms with Crippen LogP contribution in [0.3, 0.4) is 0 Å². The maximum Gasteiger partial charge on any atom is 0.406 e. The van der Waals surface area contributed by atoms with E-state index in [-0.39, 0.29) is 6.54 Å². The molecule has 1 atom stereocenters. The van der Waals surface area contributed by atoms with E-state index in [0.717, 1.165) is 16.7 Å². The summed E-state index contributed by atoms with van der Waals surface area (Å²) in [6, 6.07) is 0. The van der Waals surface area contributed by atoms with Crippen molar-refractivity contribution in [3.8, 4) is 0 Å². The summed E-state index contributed by atoms with van der Waals surface area (Å²) in [5, 5.41) is 10.8. The van der Waals surface area contributed by atoms with E-state index in [1.807, 2.05) is 0 Å². The van der Waals surface area contributed by atoms with Crippen LogP contribution < -0.4 is 5.32 Å². The zero-order chi connectivity index (χ0) is 15.5.